The number of carbonyl (C=O) groups excluding carboxylic acids is 1. The van der Waals surface area contributed by atoms with Crippen molar-refractivity contribution in [3.63, 3.8) is 0 Å². The van der Waals surface area contributed by atoms with Crippen LogP contribution in [-0.4, -0.2) is 30.3 Å². The van der Waals surface area contributed by atoms with Gasteiger partial charge < -0.3 is 20.5 Å². The summed E-state index contributed by atoms with van der Waals surface area (Å²) in [5, 5.41) is 11.8. The van der Waals surface area contributed by atoms with Gasteiger partial charge >= 0.3 is 6.09 Å². The van der Waals surface area contributed by atoms with E-state index in [0.29, 0.717) is 17.2 Å². The molecule has 0 aliphatic rings. The second-order valence-electron chi connectivity index (χ2n) is 7.51. The van der Waals surface area contributed by atoms with E-state index in [-0.39, 0.29) is 23.6 Å². The second kappa shape index (κ2) is 9.34. The average molecular weight is 400 g/mol. The van der Waals surface area contributed by atoms with E-state index in [4.69, 9.17) is 15.2 Å². The molecule has 0 bridgehead atoms. The minimum absolute atomic E-state index is 0.0628. The van der Waals surface area contributed by atoms with E-state index < -0.39 is 17.4 Å². The number of nitrogens with one attached hydrogen (secondary N) is 1. The van der Waals surface area contributed by atoms with Crippen molar-refractivity contribution in [1.82, 2.24) is 10.3 Å². The molecular formula is C21H25FN4O3. The number of nitrogens with zero attached hydrogens (tertiary/aromatic N) is 2. The Morgan fingerprint density at radius 3 is 2.76 bits per heavy atom. The highest BCUT2D eigenvalue weighted by molar-refractivity contribution is 5.72. The number of hydrogen-bond donors (Lipinski definition) is 2. The standard InChI is InChI=1S/C21H25FN4O3/c1-13(2)9-21(3,24)12-28-18-6-5-14(7-15(18)10-23)16-8-19(26-11-17(16)22)29-20(27)25-4/h5-8,11,13H,9,12,24H2,1-4H3,(H,25,27)/t21-/m0/s1. The number of rotatable bonds is 7. The summed E-state index contributed by atoms with van der Waals surface area (Å²) in [6.07, 6.45) is 1.00. The van der Waals surface area contributed by atoms with E-state index in [1.807, 2.05) is 6.92 Å². The van der Waals surface area contributed by atoms with E-state index in [1.165, 1.54) is 19.2 Å². The molecule has 0 unspecified atom stereocenters. The van der Waals surface area contributed by atoms with Crippen molar-refractivity contribution >= 4 is 6.09 Å². The maximum atomic E-state index is 14.3. The highest BCUT2D eigenvalue weighted by atomic mass is 19.1. The van der Waals surface area contributed by atoms with Gasteiger partial charge in [0, 0.05) is 24.2 Å². The van der Waals surface area contributed by atoms with Crippen LogP contribution in [0.1, 0.15) is 32.8 Å². The van der Waals surface area contributed by atoms with Crippen molar-refractivity contribution < 1.29 is 18.7 Å². The SMILES string of the molecule is CNC(=O)Oc1cc(-c2ccc(OC[C@@](C)(N)CC(C)C)c(C#N)c2)c(F)cn1. The highest BCUT2D eigenvalue weighted by Crippen LogP contribution is 2.30. The first-order valence-corrected chi connectivity index (χ1v) is 9.16. The Morgan fingerprint density at radius 2 is 2.14 bits per heavy atom. The molecule has 3 N–H and O–H groups in total. The molecule has 0 aliphatic carbocycles. The fraction of sp³-hybridized carbons (Fsp3) is 0.381. The van der Waals surface area contributed by atoms with Crippen LogP contribution in [0.2, 0.25) is 0 Å². The molecule has 0 aliphatic heterocycles. The van der Waals surface area contributed by atoms with Gasteiger partial charge in [0.25, 0.3) is 0 Å². The predicted octanol–water partition coefficient (Wildman–Crippen LogP) is 3.62. The van der Waals surface area contributed by atoms with Gasteiger partial charge in [-0.3, -0.25) is 0 Å². The first kappa shape index (κ1) is 22.1. The molecule has 2 aromatic rings. The summed E-state index contributed by atoms with van der Waals surface area (Å²) in [7, 11) is 1.40. The number of hydrogen-bond acceptors (Lipinski definition) is 6. The fourth-order valence-electron chi connectivity index (χ4n) is 2.99. The molecule has 1 aromatic heterocycles. The lowest BCUT2D eigenvalue weighted by molar-refractivity contribution is 0.201. The van der Waals surface area contributed by atoms with Gasteiger partial charge in [-0.15, -0.1) is 0 Å². The molecule has 0 radical (unpaired) electrons. The zero-order valence-electron chi connectivity index (χ0n) is 17.0. The van der Waals surface area contributed by atoms with Gasteiger partial charge in [0.1, 0.15) is 24.2 Å². The lowest BCUT2D eigenvalue weighted by Gasteiger charge is -2.26. The summed E-state index contributed by atoms with van der Waals surface area (Å²) in [6, 6.07) is 8.07. The molecule has 0 saturated heterocycles. The minimum Gasteiger partial charge on any atom is -0.490 e. The Morgan fingerprint density at radius 1 is 1.41 bits per heavy atom. The number of carbonyl (C=O) groups is 1. The quantitative estimate of drug-likeness (QED) is 0.734. The van der Waals surface area contributed by atoms with Crippen LogP contribution in [0.3, 0.4) is 0 Å². The summed E-state index contributed by atoms with van der Waals surface area (Å²) >= 11 is 0. The van der Waals surface area contributed by atoms with Crippen LogP contribution in [0.25, 0.3) is 11.1 Å². The van der Waals surface area contributed by atoms with Gasteiger partial charge in [-0.1, -0.05) is 19.9 Å². The summed E-state index contributed by atoms with van der Waals surface area (Å²) in [5.74, 6) is 0.103. The average Bonchev–Trinajstić information content (AvgIpc) is 2.66. The van der Waals surface area contributed by atoms with Crippen LogP contribution < -0.4 is 20.5 Å². The van der Waals surface area contributed by atoms with Crippen molar-refractivity contribution in [2.24, 2.45) is 11.7 Å². The molecule has 29 heavy (non-hydrogen) atoms. The van der Waals surface area contributed by atoms with Gasteiger partial charge in [0.15, 0.2) is 0 Å². The van der Waals surface area contributed by atoms with Crippen molar-refractivity contribution in [2.75, 3.05) is 13.7 Å². The third kappa shape index (κ3) is 6.16. The van der Waals surface area contributed by atoms with E-state index >= 15 is 0 Å². The van der Waals surface area contributed by atoms with E-state index in [1.54, 1.807) is 12.1 Å². The van der Waals surface area contributed by atoms with Gasteiger partial charge in [0.05, 0.1) is 11.8 Å². The molecule has 8 heteroatoms. The van der Waals surface area contributed by atoms with E-state index in [2.05, 4.69) is 30.2 Å². The topological polar surface area (TPSA) is 110 Å². The molecule has 7 nitrogen and oxygen atoms in total. The van der Waals surface area contributed by atoms with Crippen LogP contribution in [0.5, 0.6) is 11.6 Å². The Kier molecular flexibility index (Phi) is 7.13. The monoisotopic (exact) mass is 400 g/mol. The van der Waals surface area contributed by atoms with Crippen molar-refractivity contribution in [2.45, 2.75) is 32.7 Å². The number of amides is 1. The number of nitrogens with two attached hydrogens (primary N) is 1. The number of nitriles is 1. The first-order chi connectivity index (χ1) is 13.6. The van der Waals surface area contributed by atoms with Gasteiger partial charge in [-0.2, -0.15) is 5.26 Å². The molecule has 2 rings (SSSR count). The van der Waals surface area contributed by atoms with Crippen LogP contribution in [0.15, 0.2) is 30.5 Å². The molecule has 1 amide bonds. The summed E-state index contributed by atoms with van der Waals surface area (Å²) in [5.41, 5.74) is 6.53. The number of halogens is 1. The smallest absolute Gasteiger partial charge is 0.413 e. The Balaban J connectivity index is 2.28. The molecule has 0 saturated carbocycles. The lowest BCUT2D eigenvalue weighted by atomic mass is 9.93. The number of ether oxygens (including phenoxy) is 2. The summed E-state index contributed by atoms with van der Waals surface area (Å²) in [6.45, 7) is 6.29. The molecule has 0 spiro atoms. The van der Waals surface area contributed by atoms with E-state index in [9.17, 15) is 14.4 Å². The third-order valence-electron chi connectivity index (χ3n) is 4.07. The van der Waals surface area contributed by atoms with Gasteiger partial charge in [0.2, 0.25) is 5.88 Å². The maximum absolute atomic E-state index is 14.3. The summed E-state index contributed by atoms with van der Waals surface area (Å²) < 4.78 is 25.0. The van der Waals surface area contributed by atoms with Gasteiger partial charge in [-0.05, 0) is 37.0 Å². The highest BCUT2D eigenvalue weighted by Gasteiger charge is 2.22. The Bertz CT molecular complexity index is 923. The zero-order valence-corrected chi connectivity index (χ0v) is 17.0. The minimum atomic E-state index is -0.720. The largest absolute Gasteiger partial charge is 0.490 e. The van der Waals surface area contributed by atoms with Gasteiger partial charge in [-0.25, -0.2) is 14.2 Å². The predicted molar refractivity (Wildman–Crippen MR) is 107 cm³/mol. The van der Waals surface area contributed by atoms with Crippen LogP contribution in [0.4, 0.5) is 9.18 Å². The lowest BCUT2D eigenvalue weighted by Crippen LogP contribution is -2.43. The summed E-state index contributed by atoms with van der Waals surface area (Å²) in [4.78, 5) is 15.1. The molecular weight excluding hydrogens is 375 g/mol. The molecule has 0 fully saturated rings. The molecule has 154 valence electrons. The second-order valence-corrected chi connectivity index (χ2v) is 7.51. The maximum Gasteiger partial charge on any atom is 0.413 e. The normalized spacial score (nSPS) is 12.8. The zero-order chi connectivity index (χ0) is 21.6. The number of benzene rings is 1. The fourth-order valence-corrected chi connectivity index (χ4v) is 2.99. The van der Waals surface area contributed by atoms with Crippen LogP contribution >= 0.6 is 0 Å². The molecule has 1 aromatic carbocycles. The molecule has 1 heterocycles. The number of pyridine rings is 1. The van der Waals surface area contributed by atoms with Crippen LogP contribution in [0, 0.1) is 23.1 Å². The Hall–Kier alpha value is -3.18. The molecule has 1 atom stereocenters. The van der Waals surface area contributed by atoms with Crippen molar-refractivity contribution in [3.8, 4) is 28.8 Å². The van der Waals surface area contributed by atoms with E-state index in [0.717, 1.165) is 12.6 Å². The van der Waals surface area contributed by atoms with Crippen LogP contribution in [-0.2, 0) is 0 Å². The third-order valence-corrected chi connectivity index (χ3v) is 4.07. The number of aromatic nitrogens is 1. The first-order valence-electron chi connectivity index (χ1n) is 9.16. The van der Waals surface area contributed by atoms with Crippen molar-refractivity contribution in [3.05, 3.63) is 41.8 Å². The Labute approximate surface area is 169 Å². The van der Waals surface area contributed by atoms with Crippen molar-refractivity contribution in [1.29, 1.82) is 5.26 Å².